The van der Waals surface area contributed by atoms with Gasteiger partial charge in [-0.3, -0.25) is 5.10 Å². The van der Waals surface area contributed by atoms with Crippen molar-refractivity contribution < 1.29 is 9.84 Å². The van der Waals surface area contributed by atoms with Crippen LogP contribution in [0.25, 0.3) is 0 Å². The monoisotopic (exact) mass is 267 g/mol. The third-order valence-electron chi connectivity index (χ3n) is 2.53. The largest absolute Gasteiger partial charge is 0.504 e. The van der Waals surface area contributed by atoms with E-state index in [2.05, 4.69) is 15.5 Å². The molecule has 1 aromatic carbocycles. The van der Waals surface area contributed by atoms with Crippen LogP contribution in [0.1, 0.15) is 11.3 Å². The molecule has 0 atom stereocenters. The summed E-state index contributed by atoms with van der Waals surface area (Å²) in [5.74, 6) is 0.486. The third kappa shape index (κ3) is 2.94. The molecule has 0 radical (unpaired) electrons. The van der Waals surface area contributed by atoms with E-state index in [1.54, 1.807) is 18.3 Å². The number of nitrogens with zero attached hydrogens (tertiary/aromatic N) is 1. The number of aromatic hydroxyl groups is 1. The van der Waals surface area contributed by atoms with Crippen LogP contribution in [0.3, 0.4) is 0 Å². The molecule has 0 saturated heterocycles. The van der Waals surface area contributed by atoms with Gasteiger partial charge in [0.25, 0.3) is 0 Å². The van der Waals surface area contributed by atoms with Gasteiger partial charge in [-0.25, -0.2) is 0 Å². The molecule has 0 spiro atoms. The average Bonchev–Trinajstić information content (AvgIpc) is 2.86. The van der Waals surface area contributed by atoms with E-state index in [0.717, 1.165) is 5.69 Å². The molecule has 0 aliphatic heterocycles. The van der Waals surface area contributed by atoms with Gasteiger partial charge in [-0.15, -0.1) is 0 Å². The highest BCUT2D eigenvalue weighted by Crippen LogP contribution is 2.33. The smallest absolute Gasteiger partial charge is 0.162 e. The summed E-state index contributed by atoms with van der Waals surface area (Å²) in [6.07, 6.45) is 1.69. The number of phenols is 1. The molecule has 6 heteroatoms. The summed E-state index contributed by atoms with van der Waals surface area (Å²) in [5.41, 5.74) is 1.67. The average molecular weight is 268 g/mol. The van der Waals surface area contributed by atoms with E-state index < -0.39 is 0 Å². The standard InChI is InChI=1S/C12H14ClN3O2/c1-18-11-5-9(13)4-8(12(11)17)6-14-7-10-2-3-15-16-10/h2-5,14,17H,6-7H2,1H3,(H,15,16). The van der Waals surface area contributed by atoms with Crippen molar-refractivity contribution in [1.29, 1.82) is 0 Å². The van der Waals surface area contributed by atoms with Gasteiger partial charge in [0.15, 0.2) is 11.5 Å². The van der Waals surface area contributed by atoms with Crippen molar-refractivity contribution in [2.75, 3.05) is 7.11 Å². The molecule has 0 amide bonds. The highest BCUT2D eigenvalue weighted by Gasteiger charge is 2.09. The predicted octanol–water partition coefficient (Wildman–Crippen LogP) is 2.07. The predicted molar refractivity (Wildman–Crippen MR) is 68.8 cm³/mol. The van der Waals surface area contributed by atoms with Crippen LogP contribution in [-0.4, -0.2) is 22.4 Å². The lowest BCUT2D eigenvalue weighted by atomic mass is 10.2. The van der Waals surface area contributed by atoms with Gasteiger partial charge >= 0.3 is 0 Å². The van der Waals surface area contributed by atoms with Crippen molar-refractivity contribution >= 4 is 11.6 Å². The van der Waals surface area contributed by atoms with Gasteiger partial charge < -0.3 is 15.2 Å². The maximum atomic E-state index is 9.93. The van der Waals surface area contributed by atoms with Gasteiger partial charge in [-0.2, -0.15) is 5.10 Å². The van der Waals surface area contributed by atoms with Gasteiger partial charge in [-0.05, 0) is 12.1 Å². The zero-order valence-corrected chi connectivity index (χ0v) is 10.7. The Balaban J connectivity index is 2.02. The molecule has 0 unspecified atom stereocenters. The third-order valence-corrected chi connectivity index (χ3v) is 2.75. The van der Waals surface area contributed by atoms with Gasteiger partial charge in [0.1, 0.15) is 0 Å². The minimum atomic E-state index is 0.110. The molecule has 2 aromatic rings. The summed E-state index contributed by atoms with van der Waals surface area (Å²) in [4.78, 5) is 0. The lowest BCUT2D eigenvalue weighted by Crippen LogP contribution is -2.13. The second-order valence-electron chi connectivity index (χ2n) is 3.80. The van der Waals surface area contributed by atoms with E-state index in [4.69, 9.17) is 16.3 Å². The maximum absolute atomic E-state index is 9.93. The minimum Gasteiger partial charge on any atom is -0.504 e. The van der Waals surface area contributed by atoms with E-state index in [-0.39, 0.29) is 5.75 Å². The van der Waals surface area contributed by atoms with Crippen LogP contribution >= 0.6 is 11.6 Å². The van der Waals surface area contributed by atoms with Gasteiger partial charge in [-0.1, -0.05) is 11.6 Å². The quantitative estimate of drug-likeness (QED) is 0.776. The summed E-state index contributed by atoms with van der Waals surface area (Å²) in [5, 5.41) is 20.3. The zero-order valence-electron chi connectivity index (χ0n) is 9.90. The second-order valence-corrected chi connectivity index (χ2v) is 4.24. The maximum Gasteiger partial charge on any atom is 0.162 e. The van der Waals surface area contributed by atoms with Crippen molar-refractivity contribution in [3.05, 3.63) is 40.7 Å². The van der Waals surface area contributed by atoms with E-state index in [1.807, 2.05) is 6.07 Å². The molecule has 5 nitrogen and oxygen atoms in total. The van der Waals surface area contributed by atoms with Crippen LogP contribution in [0.5, 0.6) is 11.5 Å². The number of ether oxygens (including phenoxy) is 1. The Morgan fingerprint density at radius 3 is 2.94 bits per heavy atom. The molecule has 1 heterocycles. The first-order valence-electron chi connectivity index (χ1n) is 5.45. The van der Waals surface area contributed by atoms with Crippen LogP contribution in [0, 0.1) is 0 Å². The topological polar surface area (TPSA) is 70.2 Å². The van der Waals surface area contributed by atoms with Crippen molar-refractivity contribution in [3.8, 4) is 11.5 Å². The molecular weight excluding hydrogens is 254 g/mol. The van der Waals surface area contributed by atoms with Crippen molar-refractivity contribution in [3.63, 3.8) is 0 Å². The Morgan fingerprint density at radius 2 is 2.28 bits per heavy atom. The first-order valence-corrected chi connectivity index (χ1v) is 5.83. The summed E-state index contributed by atoms with van der Waals surface area (Å²) < 4.78 is 5.04. The molecular formula is C12H14ClN3O2. The Morgan fingerprint density at radius 1 is 1.44 bits per heavy atom. The Bertz CT molecular complexity index is 514. The Hall–Kier alpha value is -1.72. The molecule has 0 aliphatic rings. The fraction of sp³-hybridized carbons (Fsp3) is 0.250. The van der Waals surface area contributed by atoms with E-state index >= 15 is 0 Å². The SMILES string of the molecule is COc1cc(Cl)cc(CNCc2ccn[nH]2)c1O. The van der Waals surface area contributed by atoms with Crippen LogP contribution < -0.4 is 10.1 Å². The highest BCUT2D eigenvalue weighted by atomic mass is 35.5. The Kier molecular flexibility index (Phi) is 4.07. The molecule has 18 heavy (non-hydrogen) atoms. The second kappa shape index (κ2) is 5.75. The van der Waals surface area contributed by atoms with Crippen LogP contribution in [-0.2, 0) is 13.1 Å². The fourth-order valence-electron chi connectivity index (χ4n) is 1.63. The number of methoxy groups -OCH3 is 1. The number of nitrogens with one attached hydrogen (secondary N) is 2. The number of aromatic nitrogens is 2. The molecule has 3 N–H and O–H groups in total. The number of hydrogen-bond donors (Lipinski definition) is 3. The van der Waals surface area contributed by atoms with Gasteiger partial charge in [0.05, 0.1) is 7.11 Å². The number of H-pyrrole nitrogens is 1. The number of rotatable bonds is 5. The minimum absolute atomic E-state index is 0.110. The normalized spacial score (nSPS) is 10.6. The zero-order chi connectivity index (χ0) is 13.0. The molecule has 0 aliphatic carbocycles. The highest BCUT2D eigenvalue weighted by molar-refractivity contribution is 6.30. The molecule has 1 aromatic heterocycles. The number of hydrogen-bond acceptors (Lipinski definition) is 4. The lowest BCUT2D eigenvalue weighted by molar-refractivity contribution is 0.369. The lowest BCUT2D eigenvalue weighted by Gasteiger charge is -2.10. The van der Waals surface area contributed by atoms with Crippen LogP contribution in [0.15, 0.2) is 24.4 Å². The number of halogens is 1. The van der Waals surface area contributed by atoms with Crippen molar-refractivity contribution in [2.24, 2.45) is 0 Å². The van der Waals surface area contributed by atoms with Crippen LogP contribution in [0.2, 0.25) is 5.02 Å². The first kappa shape index (κ1) is 12.7. The van der Waals surface area contributed by atoms with Crippen LogP contribution in [0.4, 0.5) is 0 Å². The molecule has 96 valence electrons. The summed E-state index contributed by atoms with van der Waals surface area (Å²) in [7, 11) is 1.49. The first-order chi connectivity index (χ1) is 8.70. The van der Waals surface area contributed by atoms with Gasteiger partial charge in [0.2, 0.25) is 0 Å². The molecule has 0 fully saturated rings. The summed E-state index contributed by atoms with van der Waals surface area (Å²) in [6, 6.07) is 5.17. The molecule has 2 rings (SSSR count). The van der Waals surface area contributed by atoms with Crippen molar-refractivity contribution in [2.45, 2.75) is 13.1 Å². The van der Waals surface area contributed by atoms with E-state index in [0.29, 0.717) is 29.4 Å². The summed E-state index contributed by atoms with van der Waals surface area (Å²) >= 11 is 5.94. The number of phenolic OH excluding ortho intramolecular Hbond substituents is 1. The van der Waals surface area contributed by atoms with E-state index in [1.165, 1.54) is 7.11 Å². The van der Waals surface area contributed by atoms with Gasteiger partial charge in [0, 0.05) is 41.6 Å². The Labute approximate surface area is 110 Å². The van der Waals surface area contributed by atoms with Crippen molar-refractivity contribution in [1.82, 2.24) is 15.5 Å². The molecule has 0 saturated carbocycles. The fourth-order valence-corrected chi connectivity index (χ4v) is 1.86. The number of benzene rings is 1. The number of aromatic amines is 1. The van der Waals surface area contributed by atoms with E-state index in [9.17, 15) is 5.11 Å². The summed E-state index contributed by atoms with van der Waals surface area (Å²) in [6.45, 7) is 1.12. The molecule has 0 bridgehead atoms.